The first kappa shape index (κ1) is 20.7. The average Bonchev–Trinajstić information content (AvgIpc) is 2.71. The number of para-hydroxylation sites is 1. The number of aromatic nitrogens is 3. The maximum Gasteiger partial charge on any atom is 0.296 e. The first-order chi connectivity index (χ1) is 13.9. The summed E-state index contributed by atoms with van der Waals surface area (Å²) in [6.07, 6.45) is 1.39. The zero-order chi connectivity index (χ0) is 21.0. The molecule has 1 aromatic heterocycles. The molecule has 3 rings (SSSR count). The number of hydrogen-bond acceptors (Lipinski definition) is 6. The van der Waals surface area contributed by atoms with Gasteiger partial charge in [0, 0.05) is 11.1 Å². The van der Waals surface area contributed by atoms with E-state index in [0.717, 1.165) is 4.68 Å². The van der Waals surface area contributed by atoms with Gasteiger partial charge in [0.2, 0.25) is 4.77 Å². The van der Waals surface area contributed by atoms with Crippen LogP contribution in [0.3, 0.4) is 0 Å². The van der Waals surface area contributed by atoms with Gasteiger partial charge in [-0.2, -0.15) is 14.9 Å². The van der Waals surface area contributed by atoms with Gasteiger partial charge in [-0.3, -0.25) is 9.89 Å². The van der Waals surface area contributed by atoms with Gasteiger partial charge in [0.15, 0.2) is 11.5 Å². The van der Waals surface area contributed by atoms with Crippen LogP contribution in [-0.4, -0.2) is 28.2 Å². The fourth-order valence-electron chi connectivity index (χ4n) is 2.46. The molecule has 0 aliphatic carbocycles. The van der Waals surface area contributed by atoms with E-state index >= 15 is 0 Å². The van der Waals surface area contributed by atoms with E-state index < -0.39 is 11.4 Å². The van der Waals surface area contributed by atoms with Crippen molar-refractivity contribution < 1.29 is 13.9 Å². The van der Waals surface area contributed by atoms with Crippen LogP contribution in [0, 0.1) is 17.5 Å². The van der Waals surface area contributed by atoms with E-state index in [2.05, 4.69) is 15.3 Å². The number of halogens is 2. The Morgan fingerprint density at radius 2 is 2.10 bits per heavy atom. The Labute approximate surface area is 175 Å². The number of hydrogen-bond donors (Lipinski definition) is 1. The number of benzene rings is 2. The first-order valence-electron chi connectivity index (χ1n) is 8.37. The molecule has 0 aliphatic heterocycles. The van der Waals surface area contributed by atoms with Crippen LogP contribution in [0.1, 0.15) is 16.8 Å². The summed E-state index contributed by atoms with van der Waals surface area (Å²) in [4.78, 5) is 12.2. The van der Waals surface area contributed by atoms with Gasteiger partial charge in [-0.1, -0.05) is 23.7 Å². The second-order valence-corrected chi connectivity index (χ2v) is 6.64. The van der Waals surface area contributed by atoms with Crippen molar-refractivity contribution in [3.8, 4) is 11.5 Å². The van der Waals surface area contributed by atoms with Gasteiger partial charge in [0.05, 0.1) is 18.3 Å². The molecule has 1 heterocycles. The molecular weight excluding hydrogens is 419 g/mol. The van der Waals surface area contributed by atoms with Crippen molar-refractivity contribution in [3.63, 3.8) is 0 Å². The quantitative estimate of drug-likeness (QED) is 0.470. The Hall–Kier alpha value is -3.04. The monoisotopic (exact) mass is 434 g/mol. The van der Waals surface area contributed by atoms with Crippen molar-refractivity contribution in [2.75, 3.05) is 7.11 Å². The zero-order valence-electron chi connectivity index (χ0n) is 15.5. The van der Waals surface area contributed by atoms with Crippen LogP contribution >= 0.6 is 23.8 Å². The third-order valence-electron chi connectivity index (χ3n) is 3.98. The second kappa shape index (κ2) is 8.97. The lowest BCUT2D eigenvalue weighted by Gasteiger charge is -2.14. The molecular formula is C19H16ClFN4O3S. The molecule has 0 saturated heterocycles. The maximum atomic E-state index is 14.1. The van der Waals surface area contributed by atoms with Gasteiger partial charge in [0.25, 0.3) is 5.56 Å². The number of rotatable bonds is 6. The van der Waals surface area contributed by atoms with Gasteiger partial charge in [-0.05, 0) is 43.4 Å². The van der Waals surface area contributed by atoms with Crippen LogP contribution in [0.4, 0.5) is 4.39 Å². The van der Waals surface area contributed by atoms with Crippen LogP contribution in [0.15, 0.2) is 46.3 Å². The molecule has 0 bridgehead atoms. The van der Waals surface area contributed by atoms with Crippen molar-refractivity contribution in [2.45, 2.75) is 13.5 Å². The molecule has 0 fully saturated rings. The summed E-state index contributed by atoms with van der Waals surface area (Å²) in [7, 11) is 1.48. The topological polar surface area (TPSA) is 81.5 Å². The Morgan fingerprint density at radius 1 is 1.34 bits per heavy atom. The molecule has 3 aromatic rings. The van der Waals surface area contributed by atoms with E-state index in [9.17, 15) is 9.18 Å². The minimum atomic E-state index is -0.479. The van der Waals surface area contributed by atoms with Gasteiger partial charge in [-0.25, -0.2) is 4.39 Å². The van der Waals surface area contributed by atoms with E-state index in [1.807, 2.05) is 0 Å². The summed E-state index contributed by atoms with van der Waals surface area (Å²) < 4.78 is 26.2. The Kier molecular flexibility index (Phi) is 6.40. The Balaban J connectivity index is 1.98. The Bertz CT molecular complexity index is 1170. The number of aromatic amines is 1. The smallest absolute Gasteiger partial charge is 0.296 e. The number of aryl methyl sites for hydroxylation is 1. The zero-order valence-corrected chi connectivity index (χ0v) is 17.1. The molecule has 0 radical (unpaired) electrons. The molecule has 29 heavy (non-hydrogen) atoms. The van der Waals surface area contributed by atoms with Crippen LogP contribution in [-0.2, 0) is 6.61 Å². The van der Waals surface area contributed by atoms with E-state index in [-0.39, 0.29) is 27.7 Å². The average molecular weight is 435 g/mol. The molecule has 1 N–H and O–H groups in total. The fraction of sp³-hybridized carbons (Fsp3) is 0.158. The number of nitrogens with one attached hydrogen (secondary N) is 1. The van der Waals surface area contributed by atoms with E-state index in [1.54, 1.807) is 24.3 Å². The van der Waals surface area contributed by atoms with Crippen LogP contribution in [0.25, 0.3) is 0 Å². The largest absolute Gasteiger partial charge is 0.493 e. The van der Waals surface area contributed by atoms with Crippen molar-refractivity contribution in [2.24, 2.45) is 5.10 Å². The highest BCUT2D eigenvalue weighted by molar-refractivity contribution is 7.71. The van der Waals surface area contributed by atoms with Gasteiger partial charge >= 0.3 is 0 Å². The number of nitrogens with zero attached hydrogens (tertiary/aromatic N) is 3. The molecule has 150 valence electrons. The fourth-order valence-corrected chi connectivity index (χ4v) is 2.85. The van der Waals surface area contributed by atoms with Gasteiger partial charge < -0.3 is 9.47 Å². The Morgan fingerprint density at radius 3 is 2.83 bits per heavy atom. The summed E-state index contributed by atoms with van der Waals surface area (Å²) in [5.41, 5.74) is 0.472. The minimum Gasteiger partial charge on any atom is -0.493 e. The van der Waals surface area contributed by atoms with Crippen molar-refractivity contribution in [1.82, 2.24) is 14.9 Å². The molecule has 0 spiro atoms. The minimum absolute atomic E-state index is 0.0420. The highest BCUT2D eigenvalue weighted by Crippen LogP contribution is 2.32. The predicted octanol–water partition coefficient (Wildman–Crippen LogP) is 3.87. The van der Waals surface area contributed by atoms with E-state index in [4.69, 9.17) is 33.3 Å². The summed E-state index contributed by atoms with van der Waals surface area (Å²) in [5, 5.41) is 10.7. The van der Waals surface area contributed by atoms with E-state index in [1.165, 1.54) is 32.4 Å². The molecule has 2 aromatic carbocycles. The van der Waals surface area contributed by atoms with Crippen LogP contribution in [0.2, 0.25) is 5.02 Å². The highest BCUT2D eigenvalue weighted by atomic mass is 35.5. The molecule has 0 saturated carbocycles. The maximum absolute atomic E-state index is 14.1. The number of methoxy groups -OCH3 is 1. The van der Waals surface area contributed by atoms with Gasteiger partial charge in [0.1, 0.15) is 18.1 Å². The van der Waals surface area contributed by atoms with E-state index in [0.29, 0.717) is 17.1 Å². The first-order valence-corrected chi connectivity index (χ1v) is 9.16. The molecule has 0 atom stereocenters. The van der Waals surface area contributed by atoms with Gasteiger partial charge in [-0.15, -0.1) is 0 Å². The third kappa shape index (κ3) is 4.52. The predicted molar refractivity (Wildman–Crippen MR) is 110 cm³/mol. The normalized spacial score (nSPS) is 11.0. The van der Waals surface area contributed by atoms with Crippen LogP contribution < -0.4 is 15.0 Å². The molecule has 0 aliphatic rings. The van der Waals surface area contributed by atoms with Crippen molar-refractivity contribution >= 4 is 30.0 Å². The molecule has 0 unspecified atom stereocenters. The summed E-state index contributed by atoms with van der Waals surface area (Å²) in [5.74, 6) is 0.240. The summed E-state index contributed by atoms with van der Waals surface area (Å²) >= 11 is 11.1. The standard InChI is InChI=1S/C19H16ClFN4O3S/c1-11-18(26)25(19(29)24-23-11)22-9-12-5-3-8-16(27-2)17(12)28-10-13-14(20)6-4-7-15(13)21/h3-9H,10H2,1-2H3,(H,24,29)/b22-9+. The lowest BCUT2D eigenvalue weighted by Crippen LogP contribution is -2.22. The van der Waals surface area contributed by atoms with Crippen LogP contribution in [0.5, 0.6) is 11.5 Å². The summed E-state index contributed by atoms with van der Waals surface area (Å²) in [6.45, 7) is 1.42. The SMILES string of the molecule is COc1cccc(/C=N/n2c(=S)[nH]nc(C)c2=O)c1OCc1c(F)cccc1Cl. The number of H-pyrrole nitrogens is 1. The molecule has 7 nitrogen and oxygen atoms in total. The summed E-state index contributed by atoms with van der Waals surface area (Å²) in [6, 6.07) is 9.51. The third-order valence-corrected chi connectivity index (χ3v) is 4.60. The highest BCUT2D eigenvalue weighted by Gasteiger charge is 2.13. The number of ether oxygens (including phenoxy) is 2. The molecule has 0 amide bonds. The van der Waals surface area contributed by atoms with Crippen molar-refractivity contribution in [1.29, 1.82) is 0 Å². The lowest BCUT2D eigenvalue weighted by molar-refractivity contribution is 0.279. The lowest BCUT2D eigenvalue weighted by atomic mass is 10.2. The molecule has 10 heteroatoms. The second-order valence-electron chi connectivity index (χ2n) is 5.84. The van der Waals surface area contributed by atoms with Crippen molar-refractivity contribution in [3.05, 3.63) is 79.2 Å².